The maximum absolute atomic E-state index is 5.46. The third kappa shape index (κ3) is 3.00. The first-order valence-electron chi connectivity index (χ1n) is 8.91. The van der Waals surface area contributed by atoms with Crippen LogP contribution in [0.3, 0.4) is 0 Å². The number of hydrazone groups is 1. The molecule has 1 aliphatic rings. The zero-order valence-corrected chi connectivity index (χ0v) is 14.7. The lowest BCUT2D eigenvalue weighted by molar-refractivity contribution is 0.122. The van der Waals surface area contributed by atoms with Crippen LogP contribution < -0.4 is 10.3 Å². The van der Waals surface area contributed by atoms with Crippen molar-refractivity contribution in [3.8, 4) is 0 Å². The van der Waals surface area contributed by atoms with E-state index in [-0.39, 0.29) is 0 Å². The Balaban J connectivity index is 1.43. The standard InChI is InChI=1S/C19H19N7O/c1-2-4-16-15(3-1)14(12-20-16)13-21-24-17-11-19(25-7-9-27-10-8-25)26-18(23-17)5-6-22-26/h1-6,11-13,20H,7-10H2,(H,23,24)/b21-13-. The van der Waals surface area contributed by atoms with Crippen molar-refractivity contribution in [2.75, 3.05) is 36.6 Å². The quantitative estimate of drug-likeness (QED) is 0.431. The van der Waals surface area contributed by atoms with Gasteiger partial charge in [-0.25, -0.2) is 4.98 Å². The van der Waals surface area contributed by atoms with Crippen molar-refractivity contribution in [1.82, 2.24) is 19.6 Å². The molecule has 1 aliphatic heterocycles. The minimum Gasteiger partial charge on any atom is -0.378 e. The molecule has 1 saturated heterocycles. The normalized spacial score (nSPS) is 15.2. The molecule has 8 heteroatoms. The summed E-state index contributed by atoms with van der Waals surface area (Å²) < 4.78 is 7.30. The Bertz CT molecular complexity index is 1110. The average Bonchev–Trinajstić information content (AvgIpc) is 3.35. The molecule has 4 aromatic rings. The van der Waals surface area contributed by atoms with Crippen LogP contribution in [0.5, 0.6) is 0 Å². The third-order valence-corrected chi connectivity index (χ3v) is 4.68. The average molecular weight is 361 g/mol. The number of nitrogens with one attached hydrogen (secondary N) is 2. The second-order valence-corrected chi connectivity index (χ2v) is 6.36. The molecule has 0 spiro atoms. The second kappa shape index (κ2) is 6.73. The summed E-state index contributed by atoms with van der Waals surface area (Å²) in [7, 11) is 0. The number of benzene rings is 1. The molecule has 136 valence electrons. The molecule has 1 fully saturated rings. The first kappa shape index (κ1) is 15.8. The van der Waals surface area contributed by atoms with E-state index in [0.29, 0.717) is 19.0 Å². The summed E-state index contributed by atoms with van der Waals surface area (Å²) in [6.45, 7) is 3.09. The summed E-state index contributed by atoms with van der Waals surface area (Å²) in [6, 6.07) is 12.0. The largest absolute Gasteiger partial charge is 0.378 e. The summed E-state index contributed by atoms with van der Waals surface area (Å²) >= 11 is 0. The lowest BCUT2D eigenvalue weighted by atomic mass is 10.2. The fourth-order valence-corrected chi connectivity index (χ4v) is 3.34. The van der Waals surface area contributed by atoms with Crippen molar-refractivity contribution in [3.63, 3.8) is 0 Å². The van der Waals surface area contributed by atoms with Crippen LogP contribution in [0.25, 0.3) is 16.6 Å². The summed E-state index contributed by atoms with van der Waals surface area (Å²) in [5.41, 5.74) is 5.95. The van der Waals surface area contributed by atoms with Crippen LogP contribution in [0.1, 0.15) is 5.56 Å². The minimum absolute atomic E-state index is 0.681. The van der Waals surface area contributed by atoms with Crippen LogP contribution in [-0.4, -0.2) is 52.1 Å². The number of hydrogen-bond donors (Lipinski definition) is 2. The number of morpholine rings is 1. The van der Waals surface area contributed by atoms with Gasteiger partial charge in [-0.1, -0.05) is 18.2 Å². The van der Waals surface area contributed by atoms with E-state index in [1.165, 1.54) is 0 Å². The van der Waals surface area contributed by atoms with Crippen molar-refractivity contribution in [3.05, 3.63) is 54.4 Å². The van der Waals surface area contributed by atoms with Crippen molar-refractivity contribution < 1.29 is 4.74 Å². The Labute approximate surface area is 155 Å². The van der Waals surface area contributed by atoms with E-state index in [9.17, 15) is 0 Å². The summed E-state index contributed by atoms with van der Waals surface area (Å²) in [5, 5.41) is 9.91. The highest BCUT2D eigenvalue weighted by Gasteiger charge is 2.16. The van der Waals surface area contributed by atoms with Gasteiger partial charge >= 0.3 is 0 Å². The van der Waals surface area contributed by atoms with E-state index in [4.69, 9.17) is 4.74 Å². The number of nitrogens with zero attached hydrogens (tertiary/aromatic N) is 5. The predicted molar refractivity (Wildman–Crippen MR) is 106 cm³/mol. The number of anilines is 2. The smallest absolute Gasteiger partial charge is 0.159 e. The van der Waals surface area contributed by atoms with Crippen LogP contribution in [0, 0.1) is 0 Å². The molecule has 1 aromatic carbocycles. The van der Waals surface area contributed by atoms with Gasteiger partial charge in [0.2, 0.25) is 0 Å². The Morgan fingerprint density at radius 2 is 2.07 bits per heavy atom. The lowest BCUT2D eigenvalue weighted by Crippen LogP contribution is -2.37. The van der Waals surface area contributed by atoms with Crippen molar-refractivity contribution in [2.45, 2.75) is 0 Å². The second-order valence-electron chi connectivity index (χ2n) is 6.36. The van der Waals surface area contributed by atoms with Crippen LogP contribution in [0.2, 0.25) is 0 Å². The van der Waals surface area contributed by atoms with Gasteiger partial charge in [-0.2, -0.15) is 14.7 Å². The molecule has 0 bridgehead atoms. The van der Waals surface area contributed by atoms with E-state index >= 15 is 0 Å². The Morgan fingerprint density at radius 3 is 3.00 bits per heavy atom. The Kier molecular flexibility index (Phi) is 3.95. The van der Waals surface area contributed by atoms with Gasteiger partial charge in [0.1, 0.15) is 5.82 Å². The summed E-state index contributed by atoms with van der Waals surface area (Å²) in [4.78, 5) is 10.1. The number of para-hydroxylation sites is 1. The van der Waals surface area contributed by atoms with Gasteiger partial charge in [0.05, 0.1) is 25.6 Å². The number of aromatic amines is 1. The summed E-state index contributed by atoms with van der Waals surface area (Å²) in [5.74, 6) is 1.67. The van der Waals surface area contributed by atoms with Crippen LogP contribution in [-0.2, 0) is 4.74 Å². The van der Waals surface area contributed by atoms with Gasteiger partial charge in [-0.05, 0) is 6.07 Å². The number of H-pyrrole nitrogens is 1. The van der Waals surface area contributed by atoms with Gasteiger partial charge in [-0.15, -0.1) is 0 Å². The molecule has 2 N–H and O–H groups in total. The summed E-state index contributed by atoms with van der Waals surface area (Å²) in [6.07, 6.45) is 5.50. The molecule has 0 atom stereocenters. The van der Waals surface area contributed by atoms with E-state index in [0.717, 1.165) is 41.0 Å². The predicted octanol–water partition coefficient (Wildman–Crippen LogP) is 2.49. The Hall–Kier alpha value is -3.39. The molecule has 0 aliphatic carbocycles. The third-order valence-electron chi connectivity index (χ3n) is 4.68. The molecule has 5 rings (SSSR count). The molecular weight excluding hydrogens is 342 g/mol. The van der Waals surface area contributed by atoms with Crippen molar-refractivity contribution in [2.24, 2.45) is 5.10 Å². The first-order chi connectivity index (χ1) is 13.4. The maximum Gasteiger partial charge on any atom is 0.159 e. The zero-order chi connectivity index (χ0) is 18.1. The fraction of sp³-hybridized carbons (Fsp3) is 0.211. The molecule has 3 aromatic heterocycles. The molecule has 0 radical (unpaired) electrons. The zero-order valence-electron chi connectivity index (χ0n) is 14.7. The van der Waals surface area contributed by atoms with E-state index in [2.05, 4.69) is 36.6 Å². The maximum atomic E-state index is 5.46. The minimum atomic E-state index is 0.681. The van der Waals surface area contributed by atoms with Gasteiger partial charge < -0.3 is 14.6 Å². The highest BCUT2D eigenvalue weighted by molar-refractivity contribution is 5.99. The van der Waals surface area contributed by atoms with E-state index < -0.39 is 0 Å². The fourth-order valence-electron chi connectivity index (χ4n) is 3.34. The topological polar surface area (TPSA) is 82.8 Å². The van der Waals surface area contributed by atoms with Gasteiger partial charge in [0.15, 0.2) is 11.5 Å². The van der Waals surface area contributed by atoms with Crippen LogP contribution >= 0.6 is 0 Å². The van der Waals surface area contributed by atoms with Gasteiger partial charge in [0.25, 0.3) is 0 Å². The molecular formula is C19H19N7O. The van der Waals surface area contributed by atoms with E-state index in [1.54, 1.807) is 12.4 Å². The molecule has 8 nitrogen and oxygen atoms in total. The molecule has 0 unspecified atom stereocenters. The van der Waals surface area contributed by atoms with Gasteiger partial charge in [0, 0.05) is 47.9 Å². The van der Waals surface area contributed by atoms with E-state index in [1.807, 2.05) is 41.0 Å². The molecule has 4 heterocycles. The monoisotopic (exact) mass is 361 g/mol. The highest BCUT2D eigenvalue weighted by Crippen LogP contribution is 2.21. The van der Waals surface area contributed by atoms with Gasteiger partial charge in [-0.3, -0.25) is 5.43 Å². The van der Waals surface area contributed by atoms with Crippen molar-refractivity contribution in [1.29, 1.82) is 0 Å². The number of fused-ring (bicyclic) bond motifs is 2. The molecule has 27 heavy (non-hydrogen) atoms. The number of ether oxygens (including phenoxy) is 1. The number of hydrogen-bond acceptors (Lipinski definition) is 6. The lowest BCUT2D eigenvalue weighted by Gasteiger charge is -2.29. The number of aromatic nitrogens is 4. The number of rotatable bonds is 4. The van der Waals surface area contributed by atoms with Crippen molar-refractivity contribution >= 4 is 34.4 Å². The van der Waals surface area contributed by atoms with Crippen LogP contribution in [0.4, 0.5) is 11.6 Å². The highest BCUT2D eigenvalue weighted by atomic mass is 16.5. The molecule has 0 amide bonds. The molecule has 0 saturated carbocycles. The van der Waals surface area contributed by atoms with Crippen LogP contribution in [0.15, 0.2) is 53.9 Å². The first-order valence-corrected chi connectivity index (χ1v) is 8.91. The Morgan fingerprint density at radius 1 is 1.19 bits per heavy atom. The SMILES string of the molecule is C(=N/Nc1cc(N2CCOCC2)n2nccc2n1)/c1c[nH]c2ccccc12.